The second-order valence-electron chi connectivity index (χ2n) is 11.3. The van der Waals surface area contributed by atoms with E-state index in [0.29, 0.717) is 39.8 Å². The van der Waals surface area contributed by atoms with Crippen LogP contribution in [0, 0.1) is 17.8 Å². The zero-order valence-electron chi connectivity index (χ0n) is 22.5. The van der Waals surface area contributed by atoms with E-state index in [1.165, 1.54) is 11.0 Å². The number of phenolic OH excluding ortho intramolecular Hbond substituents is 1. The number of aromatic hydroxyl groups is 1. The lowest BCUT2D eigenvalue weighted by atomic mass is 9.59. The van der Waals surface area contributed by atoms with Crippen LogP contribution < -0.4 is 4.90 Å². The monoisotopic (exact) mass is 541 g/mol. The van der Waals surface area contributed by atoms with E-state index in [1.54, 1.807) is 31.2 Å². The number of ketones is 2. The highest BCUT2D eigenvalue weighted by atomic mass is 16.3. The fourth-order valence-corrected chi connectivity index (χ4v) is 7.26. The van der Waals surface area contributed by atoms with Gasteiger partial charge in [-0.3, -0.25) is 24.1 Å². The van der Waals surface area contributed by atoms with E-state index in [9.17, 15) is 24.3 Å². The second-order valence-corrected chi connectivity index (χ2v) is 11.3. The molecule has 1 N–H and O–H groups in total. The summed E-state index contributed by atoms with van der Waals surface area (Å²) in [6.45, 7) is 5.39. The number of carbonyl (C=O) groups excluding carboxylic acids is 4. The predicted octanol–water partition coefficient (Wildman–Crippen LogP) is 5.82. The van der Waals surface area contributed by atoms with Crippen molar-refractivity contribution >= 4 is 45.9 Å². The minimum Gasteiger partial charge on any atom is -0.507 e. The van der Waals surface area contributed by atoms with Crippen molar-refractivity contribution in [2.45, 2.75) is 25.7 Å². The predicted molar refractivity (Wildman–Crippen MR) is 156 cm³/mol. The number of hydrogen-bond acceptors (Lipinski definition) is 5. The highest BCUT2D eigenvalue weighted by Gasteiger charge is 2.56. The molecule has 6 nitrogen and oxygen atoms in total. The van der Waals surface area contributed by atoms with E-state index < -0.39 is 23.7 Å². The van der Waals surface area contributed by atoms with Gasteiger partial charge in [0.05, 0.1) is 17.5 Å². The van der Waals surface area contributed by atoms with Gasteiger partial charge in [0.15, 0.2) is 11.6 Å². The topological polar surface area (TPSA) is 91.8 Å². The number of imide groups is 1. The molecule has 41 heavy (non-hydrogen) atoms. The van der Waals surface area contributed by atoms with Crippen molar-refractivity contribution in [3.63, 3.8) is 0 Å². The van der Waals surface area contributed by atoms with Gasteiger partial charge in [-0.25, -0.2) is 0 Å². The summed E-state index contributed by atoms with van der Waals surface area (Å²) in [5, 5.41) is 13.0. The highest BCUT2D eigenvalue weighted by Crippen LogP contribution is 2.56. The zero-order valence-corrected chi connectivity index (χ0v) is 22.5. The van der Waals surface area contributed by atoms with Crippen LogP contribution in [0.2, 0.25) is 0 Å². The second kappa shape index (κ2) is 9.10. The largest absolute Gasteiger partial charge is 0.507 e. The standard InChI is InChI=1S/C35H27NO5/c1-3-19-8-11-21(12-9-19)36-34(40)25-15-14-23-26(30(25)35(36)41)17-27-31(28(37)16-18(2)32(27)38)29(23)24-13-10-20-6-4-5-7-22(20)33(24)39/h3-14,16,25-26,29-30,39H,1,15,17H2,2H3/t25-,26+,29+,30-/m0/s1. The Hall–Kier alpha value is -4.84. The number of benzene rings is 3. The Kier molecular flexibility index (Phi) is 5.58. The highest BCUT2D eigenvalue weighted by molar-refractivity contribution is 6.25. The van der Waals surface area contributed by atoms with Crippen LogP contribution in [0.5, 0.6) is 5.75 Å². The SMILES string of the molecule is C=Cc1ccc(N2C(=O)[C@H]3[C@H](CC=C4[C@H](c5ccc6ccccc6c5O)C5=C(C[C@H]43)C(=O)C(C)=CC5=O)C2=O)cc1. The van der Waals surface area contributed by atoms with Crippen molar-refractivity contribution in [1.29, 1.82) is 0 Å². The molecule has 0 saturated carbocycles. The molecule has 6 heteroatoms. The molecule has 1 aliphatic heterocycles. The number of phenols is 1. The van der Waals surface area contributed by atoms with Crippen molar-refractivity contribution in [1.82, 2.24) is 0 Å². The molecule has 3 aromatic rings. The number of fused-ring (bicyclic) bond motifs is 4. The molecule has 0 aromatic heterocycles. The summed E-state index contributed by atoms with van der Waals surface area (Å²) in [5.41, 5.74) is 3.81. The molecule has 0 unspecified atom stereocenters. The summed E-state index contributed by atoms with van der Waals surface area (Å²) < 4.78 is 0. The molecule has 3 aromatic carbocycles. The molecule has 1 saturated heterocycles. The van der Waals surface area contributed by atoms with Crippen LogP contribution in [0.4, 0.5) is 5.69 Å². The van der Waals surface area contributed by atoms with Crippen LogP contribution >= 0.6 is 0 Å². The molecule has 4 aliphatic rings. The number of nitrogens with zero attached hydrogens (tertiary/aromatic N) is 1. The van der Waals surface area contributed by atoms with Gasteiger partial charge in [0.2, 0.25) is 11.8 Å². The maximum Gasteiger partial charge on any atom is 0.238 e. The first kappa shape index (κ1) is 25.1. The van der Waals surface area contributed by atoms with Gasteiger partial charge in [-0.15, -0.1) is 0 Å². The molecule has 1 fully saturated rings. The quantitative estimate of drug-likeness (QED) is 0.256. The fourth-order valence-electron chi connectivity index (χ4n) is 7.26. The van der Waals surface area contributed by atoms with E-state index in [1.807, 2.05) is 48.5 Å². The lowest BCUT2D eigenvalue weighted by Gasteiger charge is -2.42. The Labute approximate surface area is 237 Å². The summed E-state index contributed by atoms with van der Waals surface area (Å²) in [6.07, 6.45) is 5.57. The van der Waals surface area contributed by atoms with Gasteiger partial charge in [0.1, 0.15) is 5.75 Å². The van der Waals surface area contributed by atoms with E-state index in [2.05, 4.69) is 6.58 Å². The number of rotatable bonds is 3. The molecule has 7 rings (SSSR count). The number of anilines is 1. The third-order valence-electron chi connectivity index (χ3n) is 9.19. The maximum atomic E-state index is 14.0. The zero-order chi connectivity index (χ0) is 28.6. The first-order valence-corrected chi connectivity index (χ1v) is 13.8. The van der Waals surface area contributed by atoms with E-state index in [0.717, 1.165) is 16.5 Å². The van der Waals surface area contributed by atoms with Crippen molar-refractivity contribution in [3.05, 3.63) is 113 Å². The normalized spacial score (nSPS) is 25.5. The lowest BCUT2D eigenvalue weighted by molar-refractivity contribution is -0.123. The minimum atomic E-state index is -0.695. The Morgan fingerprint density at radius 2 is 1.68 bits per heavy atom. The number of amides is 2. The molecule has 4 atom stereocenters. The van der Waals surface area contributed by atoms with E-state index in [-0.39, 0.29) is 35.6 Å². The molecule has 0 radical (unpaired) electrons. The van der Waals surface area contributed by atoms with Gasteiger partial charge >= 0.3 is 0 Å². The van der Waals surface area contributed by atoms with E-state index >= 15 is 0 Å². The number of allylic oxidation sites excluding steroid dienone is 6. The van der Waals surface area contributed by atoms with Crippen LogP contribution in [-0.4, -0.2) is 28.5 Å². The summed E-state index contributed by atoms with van der Waals surface area (Å²) >= 11 is 0. The van der Waals surface area contributed by atoms with Gasteiger partial charge in [0, 0.05) is 33.6 Å². The van der Waals surface area contributed by atoms with Gasteiger partial charge in [-0.1, -0.05) is 72.8 Å². The summed E-state index contributed by atoms with van der Waals surface area (Å²) in [7, 11) is 0. The Morgan fingerprint density at radius 1 is 0.927 bits per heavy atom. The van der Waals surface area contributed by atoms with E-state index in [4.69, 9.17) is 0 Å². The van der Waals surface area contributed by atoms with Crippen LogP contribution in [0.3, 0.4) is 0 Å². The first-order valence-electron chi connectivity index (χ1n) is 13.8. The first-order chi connectivity index (χ1) is 19.8. The maximum absolute atomic E-state index is 14.0. The fraction of sp³-hybridized carbons (Fsp3) is 0.200. The lowest BCUT2D eigenvalue weighted by Crippen LogP contribution is -2.39. The van der Waals surface area contributed by atoms with Crippen molar-refractivity contribution in [2.24, 2.45) is 17.8 Å². The average Bonchev–Trinajstić information content (AvgIpc) is 3.25. The molecule has 202 valence electrons. The van der Waals surface area contributed by atoms with Crippen molar-refractivity contribution in [2.75, 3.05) is 4.90 Å². The molecular formula is C35H27NO5. The van der Waals surface area contributed by atoms with Crippen LogP contribution in [0.25, 0.3) is 16.8 Å². The molecule has 1 heterocycles. The number of carbonyl (C=O) groups is 4. The summed E-state index contributed by atoms with van der Waals surface area (Å²) in [6, 6.07) is 18.3. The van der Waals surface area contributed by atoms with Gasteiger partial charge in [-0.2, -0.15) is 0 Å². The molecule has 3 aliphatic carbocycles. The Morgan fingerprint density at radius 3 is 2.44 bits per heavy atom. The van der Waals surface area contributed by atoms with Crippen molar-refractivity contribution in [3.8, 4) is 5.75 Å². The van der Waals surface area contributed by atoms with Crippen LogP contribution in [0.1, 0.15) is 36.8 Å². The molecule has 0 spiro atoms. The van der Waals surface area contributed by atoms with Gasteiger partial charge < -0.3 is 5.11 Å². The van der Waals surface area contributed by atoms with Gasteiger partial charge in [0.25, 0.3) is 0 Å². The number of hydrogen-bond donors (Lipinski definition) is 1. The third kappa shape index (κ3) is 3.56. The Bertz CT molecular complexity index is 1820. The summed E-state index contributed by atoms with van der Waals surface area (Å²) in [5.74, 6) is -3.37. The Balaban J connectivity index is 1.38. The third-order valence-corrected chi connectivity index (χ3v) is 9.19. The smallest absolute Gasteiger partial charge is 0.238 e. The summed E-state index contributed by atoms with van der Waals surface area (Å²) in [4.78, 5) is 56.0. The average molecular weight is 542 g/mol. The van der Waals surface area contributed by atoms with Crippen molar-refractivity contribution < 1.29 is 24.3 Å². The molecule has 2 amide bonds. The van der Waals surface area contributed by atoms with Crippen LogP contribution in [0.15, 0.2) is 102 Å². The van der Waals surface area contributed by atoms with Gasteiger partial charge in [-0.05, 0) is 54.8 Å². The number of Topliss-reactive ketones (excluding diaryl/α,β-unsaturated/α-hetero) is 1. The van der Waals surface area contributed by atoms with Crippen LogP contribution in [-0.2, 0) is 19.2 Å². The molecule has 0 bridgehead atoms. The minimum absolute atomic E-state index is 0.0490. The molecular weight excluding hydrogens is 514 g/mol.